The summed E-state index contributed by atoms with van der Waals surface area (Å²) in [4.78, 5) is 23.3. The first kappa shape index (κ1) is 34.9. The maximum Gasteiger partial charge on any atom is 0.490 e. The maximum atomic E-state index is 14.0. The highest BCUT2D eigenvalue weighted by atomic mass is 19.4. The van der Waals surface area contributed by atoms with Crippen LogP contribution < -0.4 is 9.80 Å². The Morgan fingerprint density at radius 1 is 0.766 bits per heavy atom. The van der Waals surface area contributed by atoms with Crippen LogP contribution in [0.3, 0.4) is 0 Å². The highest BCUT2D eigenvalue weighted by Gasteiger charge is 2.38. The lowest BCUT2D eigenvalue weighted by Gasteiger charge is -2.36. The summed E-state index contributed by atoms with van der Waals surface area (Å²) in [5.41, 5.74) is -1.71. The number of aromatic nitrogens is 3. The molecule has 2 N–H and O–H groups in total. The molecule has 7 nitrogen and oxygen atoms in total. The van der Waals surface area contributed by atoms with E-state index >= 15 is 0 Å². The van der Waals surface area contributed by atoms with Crippen LogP contribution >= 0.6 is 0 Å². The van der Waals surface area contributed by atoms with E-state index < -0.39 is 53.1 Å². The van der Waals surface area contributed by atoms with Gasteiger partial charge < -0.3 is 19.9 Å². The Hall–Kier alpha value is -4.97. The maximum absolute atomic E-state index is 14.0. The predicted molar refractivity (Wildman–Crippen MR) is 142 cm³/mol. The van der Waals surface area contributed by atoms with E-state index in [0.29, 0.717) is 12.1 Å². The predicted octanol–water partition coefficient (Wildman–Crippen LogP) is 7.55. The van der Waals surface area contributed by atoms with E-state index in [1.165, 1.54) is 17.2 Å². The van der Waals surface area contributed by atoms with Crippen molar-refractivity contribution >= 4 is 17.7 Å². The average Bonchev–Trinajstić information content (AvgIpc) is 3.44. The van der Waals surface area contributed by atoms with E-state index in [1.54, 1.807) is 4.90 Å². The number of hydrogen-bond acceptors (Lipinski definition) is 5. The smallest absolute Gasteiger partial charge is 0.475 e. The second-order valence-electron chi connectivity index (χ2n) is 9.76. The molecule has 0 bridgehead atoms. The topological polar surface area (TPSA) is 85.4 Å². The highest BCUT2D eigenvalue weighted by molar-refractivity contribution is 5.80. The quantitative estimate of drug-likeness (QED) is 0.171. The van der Waals surface area contributed by atoms with E-state index in [9.17, 15) is 52.7 Å². The van der Waals surface area contributed by atoms with Crippen LogP contribution in [0.4, 0.5) is 64.5 Å². The number of halogens is 12. The van der Waals surface area contributed by atoms with Crippen LogP contribution in [0.2, 0.25) is 0 Å². The first-order valence-corrected chi connectivity index (χ1v) is 13.0. The van der Waals surface area contributed by atoms with Crippen molar-refractivity contribution in [3.05, 3.63) is 83.3 Å². The van der Waals surface area contributed by atoms with E-state index in [1.807, 2.05) is 0 Å². The van der Waals surface area contributed by atoms with Gasteiger partial charge in [0.25, 0.3) is 0 Å². The number of H-pyrrole nitrogens is 1. The Morgan fingerprint density at radius 2 is 1.30 bits per heavy atom. The van der Waals surface area contributed by atoms with Crippen molar-refractivity contribution in [3.8, 4) is 22.5 Å². The first-order valence-electron chi connectivity index (χ1n) is 13.0. The van der Waals surface area contributed by atoms with Crippen LogP contribution in [0.1, 0.15) is 11.1 Å². The third-order valence-corrected chi connectivity index (χ3v) is 6.66. The summed E-state index contributed by atoms with van der Waals surface area (Å²) in [6, 6.07) is 7.51. The molecule has 1 aliphatic heterocycles. The summed E-state index contributed by atoms with van der Waals surface area (Å²) in [7, 11) is 0. The van der Waals surface area contributed by atoms with Gasteiger partial charge in [0.05, 0.1) is 22.5 Å². The first-order chi connectivity index (χ1) is 21.8. The zero-order valence-corrected chi connectivity index (χ0v) is 23.2. The number of nitrogens with zero attached hydrogens (tertiary/aromatic N) is 4. The second-order valence-corrected chi connectivity index (χ2v) is 9.76. The lowest BCUT2D eigenvalue weighted by molar-refractivity contribution is -0.192. The van der Waals surface area contributed by atoms with Crippen LogP contribution in [0.15, 0.2) is 54.7 Å². The summed E-state index contributed by atoms with van der Waals surface area (Å²) in [6.07, 6.45) is -13.0. The molecule has 5 rings (SSSR count). The Kier molecular flexibility index (Phi) is 9.67. The number of aliphatic carboxylic acids is 1. The minimum absolute atomic E-state index is 0.0564. The summed E-state index contributed by atoms with van der Waals surface area (Å²) < 4.78 is 153. The molecule has 1 saturated heterocycles. The molecular weight excluding hydrogens is 666 g/mol. The third-order valence-electron chi connectivity index (χ3n) is 6.66. The Morgan fingerprint density at radius 3 is 1.79 bits per heavy atom. The molecule has 0 spiro atoms. The number of pyridine rings is 1. The Labute approximate surface area is 256 Å². The van der Waals surface area contributed by atoms with E-state index in [4.69, 9.17) is 9.90 Å². The minimum atomic E-state index is -5.08. The zero-order chi connectivity index (χ0) is 34.9. The number of carbonyl (C=O) groups is 1. The molecular formula is C28H19F12N5O2. The molecule has 19 heteroatoms. The number of carboxylic acids is 1. The van der Waals surface area contributed by atoms with Crippen LogP contribution in [0.25, 0.3) is 22.5 Å². The molecule has 3 heterocycles. The number of carboxylic acid groups (broad SMARTS) is 1. The molecule has 0 radical (unpaired) electrons. The molecule has 0 amide bonds. The Balaban J connectivity index is 0.000000644. The fourth-order valence-corrected chi connectivity index (χ4v) is 4.45. The average molecular weight is 685 g/mol. The number of nitrogens with one attached hydrogen (secondary N) is 1. The standard InChI is InChI=1S/C26H18F9N5.C2HF3O2/c27-18-12-15(13-19(28)20(18)29)22-21(14-3-5-16(6-4-14)25(30,31)32)37-24(38-22)40-10-8-39(9-11-40)23-17(26(33,34)35)2-1-7-36-23;3-2(4,5)1(6)7/h1-7,12-13H,8-11H2,(H,37,38);(H,6,7). The molecule has 0 saturated carbocycles. The summed E-state index contributed by atoms with van der Waals surface area (Å²) >= 11 is 0. The summed E-state index contributed by atoms with van der Waals surface area (Å²) in [5.74, 6) is -7.49. The van der Waals surface area contributed by atoms with E-state index in [0.717, 1.165) is 30.3 Å². The number of imidazole rings is 1. The van der Waals surface area contributed by atoms with Crippen molar-refractivity contribution in [2.45, 2.75) is 18.5 Å². The SMILES string of the molecule is Fc1cc(-c2nc(N3CCN(c4ncccc4C(F)(F)F)CC3)[nH]c2-c2ccc(C(F)(F)F)cc2)cc(F)c1F.O=C(O)C(F)(F)F. The Bertz CT molecular complexity index is 1700. The number of aromatic amines is 1. The molecule has 0 unspecified atom stereocenters. The molecule has 0 aliphatic carbocycles. The van der Waals surface area contributed by atoms with Gasteiger partial charge in [-0.2, -0.15) is 39.5 Å². The van der Waals surface area contributed by atoms with Gasteiger partial charge in [0.2, 0.25) is 5.95 Å². The summed E-state index contributed by atoms with van der Waals surface area (Å²) in [5, 5.41) is 7.12. The van der Waals surface area contributed by atoms with Crippen LogP contribution in [0, 0.1) is 17.5 Å². The normalized spacial score (nSPS) is 14.1. The lowest BCUT2D eigenvalue weighted by Crippen LogP contribution is -2.47. The molecule has 0 atom stereocenters. The molecule has 47 heavy (non-hydrogen) atoms. The van der Waals surface area contributed by atoms with Crippen molar-refractivity contribution in [1.82, 2.24) is 15.0 Å². The molecule has 2 aromatic carbocycles. The number of alkyl halides is 9. The van der Waals surface area contributed by atoms with Gasteiger partial charge in [-0.3, -0.25) is 0 Å². The van der Waals surface area contributed by atoms with Gasteiger partial charge in [-0.1, -0.05) is 12.1 Å². The number of rotatable bonds is 4. The van der Waals surface area contributed by atoms with Gasteiger partial charge >= 0.3 is 24.5 Å². The number of piperazine rings is 1. The van der Waals surface area contributed by atoms with Crippen molar-refractivity contribution in [1.29, 1.82) is 0 Å². The van der Waals surface area contributed by atoms with Gasteiger partial charge in [-0.25, -0.2) is 27.9 Å². The fraction of sp³-hybridized carbons (Fsp3) is 0.250. The molecule has 252 valence electrons. The molecule has 2 aromatic heterocycles. The van der Waals surface area contributed by atoms with Gasteiger partial charge in [0.1, 0.15) is 5.82 Å². The van der Waals surface area contributed by atoms with Crippen molar-refractivity contribution in [3.63, 3.8) is 0 Å². The number of benzene rings is 2. The van der Waals surface area contributed by atoms with Crippen LogP contribution in [-0.2, 0) is 17.1 Å². The van der Waals surface area contributed by atoms with E-state index in [-0.39, 0.29) is 60.5 Å². The van der Waals surface area contributed by atoms with Gasteiger partial charge in [-0.05, 0) is 36.4 Å². The van der Waals surface area contributed by atoms with Gasteiger partial charge in [0.15, 0.2) is 17.5 Å². The minimum Gasteiger partial charge on any atom is -0.475 e. The van der Waals surface area contributed by atoms with Crippen LogP contribution in [0.5, 0.6) is 0 Å². The van der Waals surface area contributed by atoms with Crippen molar-refractivity contribution in [2.75, 3.05) is 36.0 Å². The molecule has 4 aromatic rings. The second kappa shape index (κ2) is 13.0. The fourth-order valence-electron chi connectivity index (χ4n) is 4.45. The van der Waals surface area contributed by atoms with Crippen molar-refractivity contribution in [2.24, 2.45) is 0 Å². The van der Waals surface area contributed by atoms with Crippen LogP contribution in [-0.4, -0.2) is 58.4 Å². The largest absolute Gasteiger partial charge is 0.490 e. The van der Waals surface area contributed by atoms with Gasteiger partial charge in [0, 0.05) is 43.5 Å². The zero-order valence-electron chi connectivity index (χ0n) is 23.2. The number of hydrogen-bond donors (Lipinski definition) is 2. The highest BCUT2D eigenvalue weighted by Crippen LogP contribution is 2.38. The third kappa shape index (κ3) is 8.07. The monoisotopic (exact) mass is 685 g/mol. The van der Waals surface area contributed by atoms with E-state index in [2.05, 4.69) is 15.0 Å². The lowest BCUT2D eigenvalue weighted by atomic mass is 10.0. The summed E-state index contributed by atoms with van der Waals surface area (Å²) in [6.45, 7) is 0.565. The van der Waals surface area contributed by atoms with Gasteiger partial charge in [-0.15, -0.1) is 0 Å². The van der Waals surface area contributed by atoms with Crippen molar-refractivity contribution < 1.29 is 62.6 Å². The molecule has 1 aliphatic rings. The number of anilines is 2. The molecule has 1 fully saturated rings.